The second-order valence-electron chi connectivity index (χ2n) is 2.69. The van der Waals surface area contributed by atoms with Gasteiger partial charge in [0.2, 0.25) is 0 Å². The lowest BCUT2D eigenvalue weighted by atomic mass is 10.2. The van der Waals surface area contributed by atoms with Crippen molar-refractivity contribution in [1.82, 2.24) is 10.4 Å². The average Bonchev–Trinajstić information content (AvgIpc) is 2.64. The van der Waals surface area contributed by atoms with Crippen LogP contribution < -0.4 is 11.3 Å². The van der Waals surface area contributed by atoms with Crippen LogP contribution in [0.15, 0.2) is 11.7 Å². The van der Waals surface area contributed by atoms with Gasteiger partial charge in [0.05, 0.1) is 12.1 Å². The fourth-order valence-electron chi connectivity index (χ4n) is 1.01. The van der Waals surface area contributed by atoms with Gasteiger partial charge in [-0.25, -0.2) is 0 Å². The van der Waals surface area contributed by atoms with Crippen LogP contribution in [0.25, 0.3) is 0 Å². The molecule has 0 aliphatic heterocycles. The van der Waals surface area contributed by atoms with E-state index >= 15 is 0 Å². The Labute approximate surface area is 82.1 Å². The molecule has 0 aromatic carbocycles. The van der Waals surface area contributed by atoms with Gasteiger partial charge < -0.3 is 4.74 Å². The van der Waals surface area contributed by atoms with Crippen molar-refractivity contribution in [3.8, 4) is 0 Å². The topological polar surface area (TPSA) is 60.2 Å². The second-order valence-corrected chi connectivity index (χ2v) is 3.67. The van der Waals surface area contributed by atoms with E-state index in [1.807, 2.05) is 18.6 Å². The van der Waals surface area contributed by atoms with Gasteiger partial charge in [0.15, 0.2) is 0 Å². The van der Waals surface area contributed by atoms with Crippen LogP contribution in [-0.4, -0.2) is 24.2 Å². The van der Waals surface area contributed by atoms with Gasteiger partial charge in [-0.05, 0) is 6.92 Å². The molecule has 0 saturated heterocycles. The van der Waals surface area contributed by atoms with Crippen LogP contribution in [0.2, 0.25) is 0 Å². The minimum Gasteiger partial charge on any atom is -0.380 e. The molecular formula is C8H15N3OS. The number of rotatable bonds is 6. The van der Waals surface area contributed by atoms with Crippen molar-refractivity contribution in [3.05, 3.63) is 16.6 Å². The molecule has 74 valence electrons. The summed E-state index contributed by atoms with van der Waals surface area (Å²) in [5.41, 5.74) is 4.55. The average molecular weight is 201 g/mol. The summed E-state index contributed by atoms with van der Waals surface area (Å²) in [5, 5.41) is 0. The molecule has 0 amide bonds. The van der Waals surface area contributed by atoms with Crippen molar-refractivity contribution in [3.63, 3.8) is 0 Å². The van der Waals surface area contributed by atoms with Crippen LogP contribution in [-0.2, 0) is 11.2 Å². The Morgan fingerprint density at radius 1 is 1.77 bits per heavy atom. The number of thiazole rings is 1. The minimum absolute atomic E-state index is 0.181. The largest absolute Gasteiger partial charge is 0.380 e. The summed E-state index contributed by atoms with van der Waals surface area (Å²) in [6.07, 6.45) is 2.74. The third-order valence-electron chi connectivity index (χ3n) is 1.69. The van der Waals surface area contributed by atoms with Crippen LogP contribution in [0, 0.1) is 0 Å². The molecule has 0 aliphatic rings. The molecule has 1 atom stereocenters. The number of ether oxygens (including phenoxy) is 1. The molecule has 1 rings (SSSR count). The Morgan fingerprint density at radius 3 is 3.15 bits per heavy atom. The van der Waals surface area contributed by atoms with E-state index in [1.54, 1.807) is 11.3 Å². The first kappa shape index (κ1) is 10.6. The molecule has 0 spiro atoms. The number of hydrogen-bond donors (Lipinski definition) is 2. The SMILES string of the molecule is CCOCC(Cc1cncs1)NN. The van der Waals surface area contributed by atoms with E-state index in [2.05, 4.69) is 10.4 Å². The van der Waals surface area contributed by atoms with E-state index in [-0.39, 0.29) is 6.04 Å². The van der Waals surface area contributed by atoms with Gasteiger partial charge in [-0.1, -0.05) is 0 Å². The third-order valence-corrected chi connectivity index (χ3v) is 2.49. The van der Waals surface area contributed by atoms with Gasteiger partial charge in [-0.2, -0.15) is 0 Å². The van der Waals surface area contributed by atoms with Crippen LogP contribution in [0.4, 0.5) is 0 Å². The predicted octanol–water partition coefficient (Wildman–Crippen LogP) is 0.554. The molecule has 1 heterocycles. The van der Waals surface area contributed by atoms with Crippen LogP contribution in [0.3, 0.4) is 0 Å². The molecule has 5 heteroatoms. The molecule has 1 unspecified atom stereocenters. The fraction of sp³-hybridized carbons (Fsp3) is 0.625. The van der Waals surface area contributed by atoms with Gasteiger partial charge in [0, 0.05) is 30.1 Å². The summed E-state index contributed by atoms with van der Waals surface area (Å²) in [6.45, 7) is 3.34. The maximum Gasteiger partial charge on any atom is 0.0794 e. The number of nitrogens with zero attached hydrogens (tertiary/aromatic N) is 1. The summed E-state index contributed by atoms with van der Waals surface area (Å²) in [4.78, 5) is 5.22. The smallest absolute Gasteiger partial charge is 0.0794 e. The van der Waals surface area contributed by atoms with Crippen molar-refractivity contribution in [2.24, 2.45) is 5.84 Å². The molecule has 1 aromatic rings. The van der Waals surface area contributed by atoms with Gasteiger partial charge in [0.25, 0.3) is 0 Å². The molecule has 0 bridgehead atoms. The normalized spacial score (nSPS) is 13.1. The van der Waals surface area contributed by atoms with Gasteiger partial charge in [-0.3, -0.25) is 16.3 Å². The Balaban J connectivity index is 2.31. The Kier molecular flexibility index (Phi) is 4.92. The molecule has 1 aromatic heterocycles. The highest BCUT2D eigenvalue weighted by Crippen LogP contribution is 2.08. The van der Waals surface area contributed by atoms with Gasteiger partial charge in [-0.15, -0.1) is 11.3 Å². The predicted molar refractivity (Wildman–Crippen MR) is 53.4 cm³/mol. The maximum absolute atomic E-state index is 5.38. The van der Waals surface area contributed by atoms with E-state index in [0.29, 0.717) is 6.61 Å². The first-order valence-corrected chi connectivity index (χ1v) is 5.16. The summed E-state index contributed by atoms with van der Waals surface area (Å²) in [5.74, 6) is 5.38. The van der Waals surface area contributed by atoms with E-state index in [1.165, 1.54) is 4.88 Å². The molecule has 0 saturated carbocycles. The molecule has 3 N–H and O–H groups in total. The number of aromatic nitrogens is 1. The molecule has 13 heavy (non-hydrogen) atoms. The van der Waals surface area contributed by atoms with E-state index < -0.39 is 0 Å². The zero-order chi connectivity index (χ0) is 9.52. The summed E-state index contributed by atoms with van der Waals surface area (Å²) in [7, 11) is 0. The van der Waals surface area contributed by atoms with Crippen molar-refractivity contribution in [1.29, 1.82) is 0 Å². The summed E-state index contributed by atoms with van der Waals surface area (Å²) < 4.78 is 5.28. The number of nitrogens with one attached hydrogen (secondary N) is 1. The summed E-state index contributed by atoms with van der Waals surface area (Å²) in [6, 6.07) is 0.181. The van der Waals surface area contributed by atoms with E-state index in [9.17, 15) is 0 Å². The standard InChI is InChI=1S/C8H15N3OS/c1-2-12-5-7(11-9)3-8-4-10-6-13-8/h4,6-7,11H,2-3,5,9H2,1H3. The van der Waals surface area contributed by atoms with Crippen molar-refractivity contribution in [2.45, 2.75) is 19.4 Å². The Hall–Kier alpha value is -0.490. The van der Waals surface area contributed by atoms with Gasteiger partial charge >= 0.3 is 0 Å². The highest BCUT2D eigenvalue weighted by molar-refractivity contribution is 7.09. The second kappa shape index (κ2) is 6.04. The van der Waals surface area contributed by atoms with Crippen molar-refractivity contribution in [2.75, 3.05) is 13.2 Å². The zero-order valence-corrected chi connectivity index (χ0v) is 8.51. The lowest BCUT2D eigenvalue weighted by Gasteiger charge is -2.13. The third kappa shape index (κ3) is 3.82. The number of hydrazine groups is 1. The fourth-order valence-corrected chi connectivity index (χ4v) is 1.69. The first-order chi connectivity index (χ1) is 6.36. The van der Waals surface area contributed by atoms with Crippen molar-refractivity contribution >= 4 is 11.3 Å². The summed E-state index contributed by atoms with van der Waals surface area (Å²) >= 11 is 1.64. The van der Waals surface area contributed by atoms with Crippen molar-refractivity contribution < 1.29 is 4.74 Å². The maximum atomic E-state index is 5.38. The Bertz CT molecular complexity index is 215. The zero-order valence-electron chi connectivity index (χ0n) is 7.69. The van der Waals surface area contributed by atoms with Crippen LogP contribution >= 0.6 is 11.3 Å². The minimum atomic E-state index is 0.181. The molecule has 0 radical (unpaired) electrons. The lowest BCUT2D eigenvalue weighted by Crippen LogP contribution is -2.40. The quantitative estimate of drug-likeness (QED) is 0.521. The monoisotopic (exact) mass is 201 g/mol. The molecule has 4 nitrogen and oxygen atoms in total. The highest BCUT2D eigenvalue weighted by atomic mass is 32.1. The Morgan fingerprint density at radius 2 is 2.62 bits per heavy atom. The van der Waals surface area contributed by atoms with Crippen LogP contribution in [0.1, 0.15) is 11.8 Å². The highest BCUT2D eigenvalue weighted by Gasteiger charge is 2.08. The number of nitrogens with two attached hydrogens (primary N) is 1. The number of hydrogen-bond acceptors (Lipinski definition) is 5. The van der Waals surface area contributed by atoms with E-state index in [0.717, 1.165) is 13.0 Å². The van der Waals surface area contributed by atoms with Crippen LogP contribution in [0.5, 0.6) is 0 Å². The molecular weight excluding hydrogens is 186 g/mol. The lowest BCUT2D eigenvalue weighted by molar-refractivity contribution is 0.123. The first-order valence-electron chi connectivity index (χ1n) is 4.28. The van der Waals surface area contributed by atoms with Gasteiger partial charge in [0.1, 0.15) is 0 Å². The van der Waals surface area contributed by atoms with E-state index in [4.69, 9.17) is 10.6 Å². The molecule has 0 aliphatic carbocycles. The molecule has 0 fully saturated rings.